The number of hydrogen-bond acceptors (Lipinski definition) is 3. The van der Waals surface area contributed by atoms with E-state index >= 15 is 0 Å². The Balaban J connectivity index is 1.88. The quantitative estimate of drug-likeness (QED) is 0.639. The third-order valence-corrected chi connectivity index (χ3v) is 4.24. The lowest BCUT2D eigenvalue weighted by atomic mass is 10.00. The smallest absolute Gasteiger partial charge is 0.121 e. The lowest BCUT2D eigenvalue weighted by molar-refractivity contribution is 0.415. The number of aliphatic imine (C=N–C) groups is 2. The molecule has 0 amide bonds. The highest BCUT2D eigenvalue weighted by atomic mass is 16.5. The molecule has 0 unspecified atom stereocenters. The zero-order valence-electron chi connectivity index (χ0n) is 14.0. The number of benzene rings is 3. The van der Waals surface area contributed by atoms with Crippen LogP contribution in [0.3, 0.4) is 0 Å². The van der Waals surface area contributed by atoms with Crippen molar-refractivity contribution in [2.24, 2.45) is 9.98 Å². The third-order valence-electron chi connectivity index (χ3n) is 4.24. The van der Waals surface area contributed by atoms with Gasteiger partial charge in [0, 0.05) is 12.5 Å². The van der Waals surface area contributed by atoms with Gasteiger partial charge < -0.3 is 4.74 Å². The maximum absolute atomic E-state index is 5.36. The van der Waals surface area contributed by atoms with Gasteiger partial charge in [0.25, 0.3) is 0 Å². The van der Waals surface area contributed by atoms with E-state index in [-0.39, 0.29) is 0 Å². The summed E-state index contributed by atoms with van der Waals surface area (Å²) >= 11 is 0. The molecule has 0 fully saturated rings. The van der Waals surface area contributed by atoms with Crippen molar-refractivity contribution >= 4 is 22.8 Å². The lowest BCUT2D eigenvalue weighted by Crippen LogP contribution is -2.09. The van der Waals surface area contributed by atoms with Gasteiger partial charge in [0.15, 0.2) is 0 Å². The molecule has 0 radical (unpaired) electrons. The average molecular weight is 326 g/mol. The van der Waals surface area contributed by atoms with Crippen LogP contribution < -0.4 is 4.74 Å². The number of nitrogens with zero attached hydrogens (tertiary/aromatic N) is 2. The summed E-state index contributed by atoms with van der Waals surface area (Å²) in [6.45, 7) is 0. The van der Waals surface area contributed by atoms with E-state index in [1.807, 2.05) is 54.6 Å². The van der Waals surface area contributed by atoms with Gasteiger partial charge in [0.2, 0.25) is 0 Å². The fraction of sp³-hybridized carbons (Fsp3) is 0.0909. The van der Waals surface area contributed by atoms with Crippen LogP contribution in [0.4, 0.5) is 11.4 Å². The van der Waals surface area contributed by atoms with E-state index in [0.717, 1.165) is 39.7 Å². The summed E-state index contributed by atoms with van der Waals surface area (Å²) < 4.78 is 5.36. The van der Waals surface area contributed by atoms with Gasteiger partial charge in [-0.15, -0.1) is 0 Å². The molecule has 0 aromatic heterocycles. The van der Waals surface area contributed by atoms with Gasteiger partial charge in [0.05, 0.1) is 29.9 Å². The van der Waals surface area contributed by atoms with Crippen LogP contribution in [-0.4, -0.2) is 18.5 Å². The first-order chi connectivity index (χ1) is 12.3. The van der Waals surface area contributed by atoms with E-state index in [2.05, 4.69) is 24.3 Å². The van der Waals surface area contributed by atoms with Crippen molar-refractivity contribution in [3.63, 3.8) is 0 Å². The molecule has 0 saturated carbocycles. The molecule has 0 N–H and O–H groups in total. The van der Waals surface area contributed by atoms with Gasteiger partial charge in [-0.1, -0.05) is 60.7 Å². The second-order valence-electron chi connectivity index (χ2n) is 5.88. The minimum atomic E-state index is 0.686. The molecular weight excluding hydrogens is 308 g/mol. The molecule has 0 bridgehead atoms. The van der Waals surface area contributed by atoms with Crippen molar-refractivity contribution in [1.29, 1.82) is 0 Å². The fourth-order valence-electron chi connectivity index (χ4n) is 2.94. The molecule has 4 rings (SSSR count). The molecule has 0 aliphatic carbocycles. The van der Waals surface area contributed by atoms with Crippen LogP contribution in [0, 0.1) is 0 Å². The number of fused-ring (bicyclic) bond motifs is 1. The summed E-state index contributed by atoms with van der Waals surface area (Å²) in [5, 5.41) is 0. The molecule has 122 valence electrons. The predicted octanol–water partition coefficient (Wildman–Crippen LogP) is 5.34. The highest BCUT2D eigenvalue weighted by Crippen LogP contribution is 2.35. The maximum atomic E-state index is 5.36. The molecule has 25 heavy (non-hydrogen) atoms. The molecule has 0 atom stereocenters. The number of hydrogen-bond donors (Lipinski definition) is 0. The van der Waals surface area contributed by atoms with Crippen LogP contribution in [0.5, 0.6) is 5.75 Å². The first-order valence-electron chi connectivity index (χ1n) is 8.27. The van der Waals surface area contributed by atoms with Gasteiger partial charge in [-0.05, 0) is 23.3 Å². The number of methoxy groups -OCH3 is 1. The zero-order chi connectivity index (χ0) is 17.1. The standard InChI is InChI=1S/C22H18N2O/c1-25-18-12-13-19-22(14-18)24-21(17-10-6-3-7-11-17)15-20(23-19)16-8-4-2-5-9-16/h2-14H,15H2,1H3. The molecule has 3 aromatic rings. The molecule has 0 spiro atoms. The Kier molecular flexibility index (Phi) is 4.13. The van der Waals surface area contributed by atoms with Crippen LogP contribution in [0.2, 0.25) is 0 Å². The second-order valence-corrected chi connectivity index (χ2v) is 5.88. The Bertz CT molecular complexity index is 944. The molecule has 1 heterocycles. The number of ether oxygens (including phenoxy) is 1. The summed E-state index contributed by atoms with van der Waals surface area (Å²) in [4.78, 5) is 9.82. The van der Waals surface area contributed by atoms with Crippen molar-refractivity contribution < 1.29 is 4.74 Å². The minimum Gasteiger partial charge on any atom is -0.497 e. The molecular formula is C22H18N2O. The van der Waals surface area contributed by atoms with Gasteiger partial charge in [0.1, 0.15) is 5.75 Å². The Labute approximate surface area is 147 Å². The van der Waals surface area contributed by atoms with Crippen LogP contribution >= 0.6 is 0 Å². The van der Waals surface area contributed by atoms with Crippen LogP contribution in [0.15, 0.2) is 88.8 Å². The SMILES string of the molecule is COc1ccc2c(c1)N=C(c1ccccc1)CC(c1ccccc1)=N2. The maximum Gasteiger partial charge on any atom is 0.121 e. The highest BCUT2D eigenvalue weighted by Gasteiger charge is 2.16. The van der Waals surface area contributed by atoms with Crippen LogP contribution in [0.25, 0.3) is 0 Å². The minimum absolute atomic E-state index is 0.686. The third kappa shape index (κ3) is 3.22. The predicted molar refractivity (Wildman–Crippen MR) is 103 cm³/mol. The van der Waals surface area contributed by atoms with E-state index in [4.69, 9.17) is 14.7 Å². The fourth-order valence-corrected chi connectivity index (χ4v) is 2.94. The van der Waals surface area contributed by atoms with E-state index < -0.39 is 0 Å². The zero-order valence-corrected chi connectivity index (χ0v) is 14.0. The van der Waals surface area contributed by atoms with Crippen molar-refractivity contribution in [1.82, 2.24) is 0 Å². The van der Waals surface area contributed by atoms with Crippen LogP contribution in [-0.2, 0) is 0 Å². The molecule has 3 heteroatoms. The van der Waals surface area contributed by atoms with Gasteiger partial charge in [-0.3, -0.25) is 9.98 Å². The van der Waals surface area contributed by atoms with E-state index in [1.54, 1.807) is 7.11 Å². The lowest BCUT2D eigenvalue weighted by Gasteiger charge is -2.07. The Morgan fingerprint density at radius 1 is 0.680 bits per heavy atom. The van der Waals surface area contributed by atoms with Gasteiger partial charge >= 0.3 is 0 Å². The van der Waals surface area contributed by atoms with E-state index in [0.29, 0.717) is 6.42 Å². The van der Waals surface area contributed by atoms with Crippen molar-refractivity contribution in [3.8, 4) is 5.75 Å². The molecule has 3 aromatic carbocycles. The van der Waals surface area contributed by atoms with Gasteiger partial charge in [-0.2, -0.15) is 0 Å². The Morgan fingerprint density at radius 3 is 1.80 bits per heavy atom. The first kappa shape index (κ1) is 15.3. The molecule has 1 aliphatic rings. The first-order valence-corrected chi connectivity index (χ1v) is 8.27. The topological polar surface area (TPSA) is 34.0 Å². The summed E-state index contributed by atoms with van der Waals surface area (Å²) in [5.41, 5.74) is 5.97. The monoisotopic (exact) mass is 326 g/mol. The molecule has 3 nitrogen and oxygen atoms in total. The largest absolute Gasteiger partial charge is 0.497 e. The summed E-state index contributed by atoms with van der Waals surface area (Å²) in [6.07, 6.45) is 0.686. The number of rotatable bonds is 3. The van der Waals surface area contributed by atoms with Crippen molar-refractivity contribution in [2.45, 2.75) is 6.42 Å². The average Bonchev–Trinajstić information content (AvgIpc) is 2.88. The summed E-state index contributed by atoms with van der Waals surface area (Å²) in [7, 11) is 1.67. The Hall–Kier alpha value is -3.20. The Morgan fingerprint density at radius 2 is 1.24 bits per heavy atom. The van der Waals surface area contributed by atoms with Gasteiger partial charge in [-0.25, -0.2) is 0 Å². The van der Waals surface area contributed by atoms with E-state index in [1.165, 1.54) is 0 Å². The van der Waals surface area contributed by atoms with Crippen molar-refractivity contribution in [2.75, 3.05) is 7.11 Å². The summed E-state index contributed by atoms with van der Waals surface area (Å²) in [6, 6.07) is 26.4. The summed E-state index contributed by atoms with van der Waals surface area (Å²) in [5.74, 6) is 0.785. The molecule has 1 aliphatic heterocycles. The highest BCUT2D eigenvalue weighted by molar-refractivity contribution is 6.20. The van der Waals surface area contributed by atoms with Crippen LogP contribution in [0.1, 0.15) is 17.5 Å². The normalized spacial score (nSPS) is 13.3. The molecule has 0 saturated heterocycles. The van der Waals surface area contributed by atoms with Crippen molar-refractivity contribution in [3.05, 3.63) is 90.0 Å². The second kappa shape index (κ2) is 6.73. The van der Waals surface area contributed by atoms with E-state index in [9.17, 15) is 0 Å².